The smallest absolute Gasteiger partial charge is 0.0806 e. The van der Waals surface area contributed by atoms with Gasteiger partial charge in [-0.05, 0) is 59.9 Å². The number of aryl methyl sites for hydroxylation is 1. The molecule has 0 fully saturated rings. The summed E-state index contributed by atoms with van der Waals surface area (Å²) in [5, 5.41) is 3.10. The third-order valence-electron chi connectivity index (χ3n) is 5.81. The quantitative estimate of drug-likeness (QED) is 0.360. The molecule has 0 unspecified atom stereocenters. The number of unbranched alkanes of at least 4 members (excludes halogenated alkanes) is 1. The van der Waals surface area contributed by atoms with Crippen LogP contribution in [0.5, 0.6) is 0 Å². The van der Waals surface area contributed by atoms with Crippen LogP contribution in [0.25, 0.3) is 0 Å². The molecule has 1 heteroatoms. The summed E-state index contributed by atoms with van der Waals surface area (Å²) in [6, 6.07) is 29.1. The van der Waals surface area contributed by atoms with Crippen LogP contribution in [0.4, 0.5) is 0 Å². The number of allylic oxidation sites excluding steroid dienone is 4. The maximum absolute atomic E-state index is 2.34. The molecule has 0 saturated heterocycles. The second-order valence-corrected chi connectivity index (χ2v) is 9.54. The maximum Gasteiger partial charge on any atom is 0.117 e. The predicted molar refractivity (Wildman–Crippen MR) is 131 cm³/mol. The molecular weight excluding hydrogens is 376 g/mol. The molecule has 2 radical (unpaired) electrons. The molecule has 0 aliphatic heterocycles. The zero-order valence-corrected chi connectivity index (χ0v) is 18.9. The lowest BCUT2D eigenvalue weighted by Crippen LogP contribution is -2.22. The van der Waals surface area contributed by atoms with Gasteiger partial charge in [-0.1, -0.05) is 115 Å². The molecule has 0 heterocycles. The molecular formula is C29H30Si. The average molecular weight is 407 g/mol. The lowest BCUT2D eigenvalue weighted by Gasteiger charge is -2.12. The van der Waals surface area contributed by atoms with Crippen LogP contribution >= 0.6 is 0 Å². The molecule has 0 nitrogen and oxygen atoms in total. The van der Waals surface area contributed by atoms with Gasteiger partial charge < -0.3 is 0 Å². The van der Waals surface area contributed by atoms with E-state index in [1.807, 2.05) is 0 Å². The third-order valence-corrected chi connectivity index (χ3v) is 7.39. The molecule has 0 aromatic heterocycles. The summed E-state index contributed by atoms with van der Waals surface area (Å²) in [5.74, 6) is 0. The van der Waals surface area contributed by atoms with Crippen LogP contribution in [-0.4, -0.2) is 9.52 Å². The molecule has 4 rings (SSSR count). The molecule has 0 spiro atoms. The van der Waals surface area contributed by atoms with Gasteiger partial charge in [0.2, 0.25) is 0 Å². The molecule has 3 aromatic carbocycles. The van der Waals surface area contributed by atoms with Crippen LogP contribution in [0.15, 0.2) is 102 Å². The minimum atomic E-state index is 0.755. The van der Waals surface area contributed by atoms with Crippen LogP contribution in [-0.2, 0) is 19.3 Å². The van der Waals surface area contributed by atoms with Gasteiger partial charge in [-0.2, -0.15) is 0 Å². The van der Waals surface area contributed by atoms with E-state index in [1.54, 1.807) is 5.20 Å². The lowest BCUT2D eigenvalue weighted by molar-refractivity contribution is 0.795. The molecule has 0 saturated carbocycles. The van der Waals surface area contributed by atoms with E-state index in [1.165, 1.54) is 52.3 Å². The van der Waals surface area contributed by atoms with Crippen LogP contribution in [0.1, 0.15) is 48.4 Å². The van der Waals surface area contributed by atoms with Crippen molar-refractivity contribution in [3.05, 3.63) is 124 Å². The van der Waals surface area contributed by atoms with E-state index in [2.05, 4.69) is 97.9 Å². The van der Waals surface area contributed by atoms with Gasteiger partial charge in [0.1, 0.15) is 9.52 Å². The predicted octanol–water partition coefficient (Wildman–Crippen LogP) is 6.41. The van der Waals surface area contributed by atoms with E-state index in [0.29, 0.717) is 0 Å². The molecule has 1 aliphatic carbocycles. The molecule has 0 N–H and O–H groups in total. The van der Waals surface area contributed by atoms with Crippen molar-refractivity contribution in [2.24, 2.45) is 0 Å². The van der Waals surface area contributed by atoms with Crippen molar-refractivity contribution in [3.63, 3.8) is 0 Å². The maximum atomic E-state index is 2.34. The second kappa shape index (κ2) is 10.4. The van der Waals surface area contributed by atoms with E-state index < -0.39 is 0 Å². The van der Waals surface area contributed by atoms with Crippen LogP contribution in [0.2, 0.25) is 0 Å². The van der Waals surface area contributed by atoms with Gasteiger partial charge in [-0.25, -0.2) is 0 Å². The molecule has 150 valence electrons. The first-order valence-corrected chi connectivity index (χ1v) is 12.2. The summed E-state index contributed by atoms with van der Waals surface area (Å²) in [6.45, 7) is 2.26. The highest BCUT2D eigenvalue weighted by molar-refractivity contribution is 6.62. The first-order chi connectivity index (χ1) is 14.8. The molecule has 0 bridgehead atoms. The summed E-state index contributed by atoms with van der Waals surface area (Å²) in [7, 11) is 0.755. The van der Waals surface area contributed by atoms with Crippen molar-refractivity contribution in [1.82, 2.24) is 0 Å². The molecule has 30 heavy (non-hydrogen) atoms. The first kappa shape index (κ1) is 20.6. The van der Waals surface area contributed by atoms with Gasteiger partial charge in [-0.3, -0.25) is 0 Å². The van der Waals surface area contributed by atoms with E-state index in [-0.39, 0.29) is 0 Å². The van der Waals surface area contributed by atoms with Crippen molar-refractivity contribution in [1.29, 1.82) is 0 Å². The minimum absolute atomic E-state index is 0.755. The summed E-state index contributed by atoms with van der Waals surface area (Å²) in [6.07, 6.45) is 11.6. The topological polar surface area (TPSA) is 0 Å². The number of hydrogen-bond acceptors (Lipinski definition) is 0. The van der Waals surface area contributed by atoms with Gasteiger partial charge >= 0.3 is 0 Å². The zero-order chi connectivity index (χ0) is 20.6. The first-order valence-electron chi connectivity index (χ1n) is 11.2. The van der Waals surface area contributed by atoms with E-state index >= 15 is 0 Å². The van der Waals surface area contributed by atoms with Crippen molar-refractivity contribution in [2.45, 2.75) is 45.4 Å². The van der Waals surface area contributed by atoms with Crippen molar-refractivity contribution in [3.8, 4) is 0 Å². The van der Waals surface area contributed by atoms with Crippen LogP contribution in [0, 0.1) is 0 Å². The Labute approximate surface area is 184 Å². The fraction of sp³-hybridized carbons (Fsp3) is 0.241. The largest absolute Gasteiger partial charge is 0.117 e. The molecule has 3 aromatic rings. The molecule has 0 amide bonds. The Morgan fingerprint density at radius 2 is 1.43 bits per heavy atom. The van der Waals surface area contributed by atoms with Gasteiger partial charge in [0.05, 0.1) is 0 Å². The highest BCUT2D eigenvalue weighted by Gasteiger charge is 2.14. The number of benzene rings is 3. The Hall–Kier alpha value is -2.64. The fourth-order valence-electron chi connectivity index (χ4n) is 4.05. The van der Waals surface area contributed by atoms with E-state index in [4.69, 9.17) is 0 Å². The summed E-state index contributed by atoms with van der Waals surface area (Å²) in [5.41, 5.74) is 7.25. The third kappa shape index (κ3) is 5.49. The van der Waals surface area contributed by atoms with E-state index in [9.17, 15) is 0 Å². The second-order valence-electron chi connectivity index (χ2n) is 8.15. The van der Waals surface area contributed by atoms with Gasteiger partial charge in [0.25, 0.3) is 0 Å². The van der Waals surface area contributed by atoms with Gasteiger partial charge in [-0.15, -0.1) is 0 Å². The fourth-order valence-corrected chi connectivity index (χ4v) is 5.44. The van der Waals surface area contributed by atoms with E-state index in [0.717, 1.165) is 28.8 Å². The Kier molecular flexibility index (Phi) is 7.15. The lowest BCUT2D eigenvalue weighted by atomic mass is 10.0. The highest BCUT2D eigenvalue weighted by Crippen LogP contribution is 2.22. The average Bonchev–Trinajstić information content (AvgIpc) is 3.22. The minimum Gasteiger partial charge on any atom is -0.0806 e. The Morgan fingerprint density at radius 3 is 2.23 bits per heavy atom. The van der Waals surface area contributed by atoms with Crippen LogP contribution in [0.3, 0.4) is 0 Å². The van der Waals surface area contributed by atoms with Gasteiger partial charge in [0, 0.05) is 0 Å². The number of hydrogen-bond donors (Lipinski definition) is 0. The summed E-state index contributed by atoms with van der Waals surface area (Å²) in [4.78, 5) is 0. The monoisotopic (exact) mass is 406 g/mol. The summed E-state index contributed by atoms with van der Waals surface area (Å²) < 4.78 is 0. The standard InChI is InChI=1S/C29H30Si/c1-2-3-10-23-17-19-25(20-18-23)22-26-13-7-8-15-28(26)30-29-16-9-14-27(29)21-24-11-5-4-6-12-24/h4-9,11-15,17-20H,2-3,10,16,21-22H2,1H3. The summed E-state index contributed by atoms with van der Waals surface area (Å²) >= 11 is 0. The van der Waals surface area contributed by atoms with Crippen molar-refractivity contribution >= 4 is 14.7 Å². The normalized spacial score (nSPS) is 13.2. The molecule has 1 aliphatic rings. The Morgan fingerprint density at radius 1 is 0.733 bits per heavy atom. The van der Waals surface area contributed by atoms with Crippen molar-refractivity contribution in [2.75, 3.05) is 0 Å². The highest BCUT2D eigenvalue weighted by atomic mass is 28.2. The Balaban J connectivity index is 1.48. The Bertz CT molecular complexity index is 1010. The van der Waals surface area contributed by atoms with Crippen LogP contribution < -0.4 is 5.19 Å². The SMILES string of the molecule is CCCCc1ccc(Cc2ccccc2[Si]C2=C(Cc3ccccc3)C=CC2)cc1. The number of rotatable bonds is 9. The zero-order valence-electron chi connectivity index (χ0n) is 17.9. The molecule has 0 atom stereocenters. The van der Waals surface area contributed by atoms with Gasteiger partial charge in [0.15, 0.2) is 0 Å². The van der Waals surface area contributed by atoms with Crippen molar-refractivity contribution < 1.29 is 0 Å².